The smallest absolute Gasteiger partial charge is 0.260 e. The van der Waals surface area contributed by atoms with Gasteiger partial charge in [0.25, 0.3) is 10.0 Å². The van der Waals surface area contributed by atoms with E-state index in [4.69, 9.17) is 9.47 Å². The van der Waals surface area contributed by atoms with E-state index in [0.717, 1.165) is 12.4 Å². The van der Waals surface area contributed by atoms with Crippen molar-refractivity contribution in [1.29, 1.82) is 0 Å². The normalized spacial score (nSPS) is 13.5. The van der Waals surface area contributed by atoms with Crippen molar-refractivity contribution in [2.45, 2.75) is 13.8 Å². The van der Waals surface area contributed by atoms with Gasteiger partial charge >= 0.3 is 0 Å². The van der Waals surface area contributed by atoms with Crippen LogP contribution in [0.3, 0.4) is 0 Å². The Kier molecular flexibility index (Phi) is 6.89. The maximum Gasteiger partial charge on any atom is 0.260 e. The third-order valence-corrected chi connectivity index (χ3v) is 6.79. The van der Waals surface area contributed by atoms with Crippen LogP contribution in [0.15, 0.2) is 58.0 Å². The number of nitrogens with zero attached hydrogens (tertiary/aromatic N) is 6. The molecule has 0 spiro atoms. The van der Waals surface area contributed by atoms with Gasteiger partial charge < -0.3 is 14.6 Å². The molecule has 37 heavy (non-hydrogen) atoms. The minimum Gasteiger partial charge on any atom is -0.506 e. The van der Waals surface area contributed by atoms with Gasteiger partial charge in [-0.15, -0.1) is 10.2 Å². The number of sulfonamides is 1. The first-order chi connectivity index (χ1) is 17.7. The number of ether oxygens (including phenoxy) is 2. The van der Waals surface area contributed by atoms with Crippen LogP contribution < -0.4 is 9.46 Å². The van der Waals surface area contributed by atoms with Crippen molar-refractivity contribution >= 4 is 33.1 Å². The Morgan fingerprint density at radius 2 is 1.86 bits per heavy atom. The Balaban J connectivity index is 1.89. The van der Waals surface area contributed by atoms with Crippen LogP contribution in [-0.2, 0) is 14.8 Å². The largest absolute Gasteiger partial charge is 0.506 e. The number of nitrogens with one attached hydrogen (secondary N) is 1. The van der Waals surface area contributed by atoms with E-state index < -0.39 is 15.8 Å². The number of hydrogen-bond donors (Lipinski definition) is 2. The molecule has 0 atom stereocenters. The number of aromatic nitrogens is 5. The van der Waals surface area contributed by atoms with Gasteiger partial charge in [-0.1, -0.05) is 11.8 Å². The molecular weight excluding hydrogens is 505 g/mol. The number of anilines is 1. The molecule has 190 valence electrons. The molecule has 3 aromatic rings. The molecule has 0 bridgehead atoms. The first kappa shape index (κ1) is 25.3. The van der Waals surface area contributed by atoms with Gasteiger partial charge in [0.1, 0.15) is 17.2 Å². The molecule has 12 nitrogen and oxygen atoms in total. The second-order valence-electron chi connectivity index (χ2n) is 7.44. The van der Waals surface area contributed by atoms with Crippen LogP contribution in [0.2, 0.25) is 0 Å². The Bertz CT molecular complexity index is 1650. The summed E-state index contributed by atoms with van der Waals surface area (Å²) in [5.74, 6) is -0.782. The molecule has 14 heteroatoms. The number of halogens is 1. The quantitative estimate of drug-likeness (QED) is 0.443. The minimum absolute atomic E-state index is 0.00729. The van der Waals surface area contributed by atoms with Crippen molar-refractivity contribution < 1.29 is 27.4 Å². The highest BCUT2D eigenvalue weighted by Crippen LogP contribution is 2.36. The lowest BCUT2D eigenvalue weighted by atomic mass is 10.2. The van der Waals surface area contributed by atoms with Gasteiger partial charge in [0.15, 0.2) is 23.2 Å². The summed E-state index contributed by atoms with van der Waals surface area (Å²) in [7, 11) is -1.47. The van der Waals surface area contributed by atoms with E-state index in [1.807, 2.05) is 0 Å². The average molecular weight is 526 g/mol. The summed E-state index contributed by atoms with van der Waals surface area (Å²) >= 11 is 0. The van der Waals surface area contributed by atoms with Crippen LogP contribution in [-0.4, -0.2) is 58.4 Å². The minimum atomic E-state index is -4.27. The Morgan fingerprint density at radius 1 is 1.14 bits per heavy atom. The van der Waals surface area contributed by atoms with Crippen LogP contribution in [0, 0.1) is 5.82 Å². The molecule has 2 aromatic heterocycles. The lowest BCUT2D eigenvalue weighted by Crippen LogP contribution is -2.18. The molecule has 0 radical (unpaired) electrons. The predicted molar refractivity (Wildman–Crippen MR) is 132 cm³/mol. The summed E-state index contributed by atoms with van der Waals surface area (Å²) in [4.78, 5) is 11.8. The van der Waals surface area contributed by atoms with Gasteiger partial charge in [-0.25, -0.2) is 32.5 Å². The van der Waals surface area contributed by atoms with Gasteiger partial charge in [-0.2, -0.15) is 0 Å². The molecule has 0 amide bonds. The summed E-state index contributed by atoms with van der Waals surface area (Å²) < 4.78 is 54.0. The van der Waals surface area contributed by atoms with Gasteiger partial charge in [0.05, 0.1) is 37.6 Å². The Hall–Kier alpha value is -4.77. The van der Waals surface area contributed by atoms with Crippen molar-refractivity contribution in [2.75, 3.05) is 18.9 Å². The zero-order valence-electron chi connectivity index (χ0n) is 20.0. The molecule has 0 unspecified atom stereocenters. The zero-order valence-corrected chi connectivity index (χ0v) is 20.8. The average Bonchev–Trinajstić information content (AvgIpc) is 3.30. The molecule has 1 aliphatic rings. The molecule has 1 aromatic carbocycles. The van der Waals surface area contributed by atoms with E-state index in [-0.39, 0.29) is 56.9 Å². The highest BCUT2D eigenvalue weighted by Gasteiger charge is 2.27. The van der Waals surface area contributed by atoms with E-state index >= 15 is 0 Å². The Morgan fingerprint density at radius 3 is 2.54 bits per heavy atom. The standard InChI is InChI=1S/C23H20FN7O5S/c1-13(21-25-11-15(24)12-26-21)14(2)37(33,34)30-23-29-28-22(16-7-5-10-19(27-16)36-4)31(23)20-17(32)8-6-9-18(20)35-3/h6,8-12,32H,1-4H3,(H,29,30)/b14-13+. The second-order valence-corrected chi connectivity index (χ2v) is 9.26. The molecular formula is C23H20FN7O5S. The van der Waals surface area contributed by atoms with E-state index in [1.54, 1.807) is 12.1 Å². The van der Waals surface area contributed by atoms with E-state index in [1.165, 1.54) is 44.8 Å². The highest BCUT2D eigenvalue weighted by molar-refractivity contribution is 7.96. The topological polar surface area (TPSA) is 154 Å². The molecule has 1 aliphatic heterocycles. The van der Waals surface area contributed by atoms with Gasteiger partial charge in [0.2, 0.25) is 11.8 Å². The van der Waals surface area contributed by atoms with Crippen LogP contribution in [0.4, 0.5) is 10.3 Å². The number of allylic oxidation sites excluding steroid dienone is 2. The second kappa shape index (κ2) is 10.1. The number of para-hydroxylation sites is 1. The van der Waals surface area contributed by atoms with Gasteiger partial charge in [-0.3, -0.25) is 4.57 Å². The number of hydrogen-bond acceptors (Lipinski definition) is 10. The predicted octanol–water partition coefficient (Wildman–Crippen LogP) is 2.81. The van der Waals surface area contributed by atoms with Crippen molar-refractivity contribution in [1.82, 2.24) is 24.7 Å². The maximum atomic E-state index is 13.3. The number of benzene rings is 1. The monoisotopic (exact) mass is 525 g/mol. The fraction of sp³-hybridized carbons (Fsp3) is 0.174. The molecule has 2 N–H and O–H groups in total. The van der Waals surface area contributed by atoms with Crippen molar-refractivity contribution in [3.63, 3.8) is 0 Å². The molecule has 0 aliphatic carbocycles. The lowest BCUT2D eigenvalue weighted by molar-refractivity contribution is 0.404. The number of phenolic OH excluding ortho intramolecular Hbond substituents is 1. The maximum absolute atomic E-state index is 13.3. The molecule has 4 rings (SSSR count). The summed E-state index contributed by atoms with van der Waals surface area (Å²) in [6.07, 6.45) is 3.31. The zero-order chi connectivity index (χ0) is 26.7. The van der Waals surface area contributed by atoms with Crippen LogP contribution >= 0.6 is 0 Å². The van der Waals surface area contributed by atoms with Gasteiger partial charge in [0, 0.05) is 5.57 Å². The fourth-order valence-corrected chi connectivity index (χ4v) is 4.24. The summed E-state index contributed by atoms with van der Waals surface area (Å²) in [5.41, 5.74) is 5.84. The van der Waals surface area contributed by atoms with Gasteiger partial charge in [-0.05, 0) is 31.7 Å². The summed E-state index contributed by atoms with van der Waals surface area (Å²) in [5, 5.41) is 18.8. The lowest BCUT2D eigenvalue weighted by Gasteiger charge is -2.16. The van der Waals surface area contributed by atoms with Crippen LogP contribution in [0.25, 0.3) is 17.0 Å². The first-order valence-electron chi connectivity index (χ1n) is 10.5. The number of phenols is 1. The van der Waals surface area contributed by atoms with Crippen molar-refractivity contribution in [2.24, 2.45) is 4.99 Å². The number of aromatic hydroxyl groups is 1. The number of methoxy groups -OCH3 is 2. The molecule has 0 fully saturated rings. The van der Waals surface area contributed by atoms with E-state index in [0.29, 0.717) is 0 Å². The summed E-state index contributed by atoms with van der Waals surface area (Å²) in [6, 6.07) is 4.50. The Labute approximate surface area is 210 Å². The highest BCUT2D eigenvalue weighted by atomic mass is 32.2. The van der Waals surface area contributed by atoms with Crippen LogP contribution in [0.5, 0.6) is 11.5 Å². The third kappa shape index (κ3) is 4.98. The van der Waals surface area contributed by atoms with Crippen molar-refractivity contribution in [3.8, 4) is 17.2 Å². The summed E-state index contributed by atoms with van der Waals surface area (Å²) in [6.45, 7) is 2.81. The molecule has 0 saturated heterocycles. The molecule has 3 heterocycles. The first-order valence-corrected chi connectivity index (χ1v) is 12.0. The third-order valence-electron chi connectivity index (χ3n) is 5.23. The van der Waals surface area contributed by atoms with E-state index in [9.17, 15) is 17.9 Å². The van der Waals surface area contributed by atoms with E-state index in [2.05, 4.69) is 41.3 Å². The fourth-order valence-electron chi connectivity index (χ4n) is 3.22. The SMILES string of the molecule is COC1=NC(c2nnc(NS(=O)(=O)/C(C)=C(\C)c3ncc(F)cn3)n2-c2c(O)cccc2OC)=C=C=C1. The molecule has 0 saturated carbocycles. The number of aliphatic imine (C=N–C) groups is 1. The van der Waals surface area contributed by atoms with Crippen LogP contribution in [0.1, 0.15) is 25.5 Å². The number of rotatable bonds is 7. The van der Waals surface area contributed by atoms with Crippen molar-refractivity contribution in [3.05, 3.63) is 70.5 Å².